The van der Waals surface area contributed by atoms with Crippen molar-refractivity contribution in [1.82, 2.24) is 4.90 Å². The van der Waals surface area contributed by atoms with Gasteiger partial charge >= 0.3 is 5.97 Å². The van der Waals surface area contributed by atoms with Crippen LogP contribution in [0.3, 0.4) is 0 Å². The van der Waals surface area contributed by atoms with Crippen LogP contribution in [0.15, 0.2) is 52.5 Å². The maximum atomic E-state index is 12.6. The third kappa shape index (κ3) is 5.72. The van der Waals surface area contributed by atoms with Crippen molar-refractivity contribution in [2.75, 3.05) is 20.2 Å². The largest absolute Gasteiger partial charge is 0.493 e. The first-order chi connectivity index (χ1) is 14.9. The Morgan fingerprint density at radius 3 is 2.55 bits per heavy atom. The molecule has 0 unspecified atom stereocenters. The van der Waals surface area contributed by atoms with E-state index in [2.05, 4.69) is 27.8 Å². The van der Waals surface area contributed by atoms with Crippen molar-refractivity contribution < 1.29 is 14.3 Å². The summed E-state index contributed by atoms with van der Waals surface area (Å²) in [7, 11) is 1.50. The Balaban J connectivity index is 1.83. The van der Waals surface area contributed by atoms with Gasteiger partial charge in [-0.3, -0.25) is 0 Å². The molecule has 1 fully saturated rings. The first-order valence-electron chi connectivity index (χ1n) is 9.98. The number of benzene rings is 2. The summed E-state index contributed by atoms with van der Waals surface area (Å²) in [5.74, 6) is 0.522. The van der Waals surface area contributed by atoms with Gasteiger partial charge in [0.05, 0.1) is 11.6 Å². The van der Waals surface area contributed by atoms with Crippen LogP contribution in [0, 0.1) is 17.2 Å². The molecule has 0 spiro atoms. The van der Waals surface area contributed by atoms with Gasteiger partial charge < -0.3 is 14.4 Å². The topological polar surface area (TPSA) is 62.6 Å². The summed E-state index contributed by atoms with van der Waals surface area (Å²) < 4.78 is 11.5. The molecule has 0 radical (unpaired) electrons. The average Bonchev–Trinajstić information content (AvgIpc) is 2.79. The van der Waals surface area contributed by atoms with Gasteiger partial charge in [-0.1, -0.05) is 49.5 Å². The van der Waals surface area contributed by atoms with Crippen LogP contribution >= 0.6 is 28.1 Å². The molecule has 1 saturated heterocycles. The first-order valence-corrected chi connectivity index (χ1v) is 11.2. The molecule has 0 atom stereocenters. The Morgan fingerprint density at radius 2 is 1.94 bits per heavy atom. The van der Waals surface area contributed by atoms with Gasteiger partial charge in [-0.25, -0.2) is 4.79 Å². The summed E-state index contributed by atoms with van der Waals surface area (Å²) in [6.07, 6.45) is 3.71. The molecule has 3 rings (SSSR count). The highest BCUT2D eigenvalue weighted by Gasteiger charge is 2.23. The molecule has 1 aliphatic heterocycles. The highest BCUT2D eigenvalue weighted by atomic mass is 79.9. The first kappa shape index (κ1) is 23.0. The standard InChI is InChI=1S/C24H23BrN2O3S/c1-16-8-10-27(11-9-16)23(31)18-13-20(25)22(21(14-18)29-2)30-24(28)19(15-26)12-17-6-4-3-5-7-17/h3-7,12-14,16H,8-11H2,1-2H3/b19-12+. The fourth-order valence-electron chi connectivity index (χ4n) is 3.34. The second-order valence-electron chi connectivity index (χ2n) is 7.43. The number of nitriles is 1. The second-order valence-corrected chi connectivity index (χ2v) is 8.68. The van der Waals surface area contributed by atoms with Gasteiger partial charge in [-0.05, 0) is 58.5 Å². The molecule has 1 aliphatic rings. The van der Waals surface area contributed by atoms with Crippen molar-refractivity contribution in [3.8, 4) is 17.6 Å². The molecule has 5 nitrogen and oxygen atoms in total. The van der Waals surface area contributed by atoms with E-state index in [0.29, 0.717) is 16.1 Å². The number of hydrogen-bond donors (Lipinski definition) is 0. The lowest BCUT2D eigenvalue weighted by Crippen LogP contribution is -2.37. The number of carbonyl (C=O) groups excluding carboxylic acids is 1. The number of esters is 1. The summed E-state index contributed by atoms with van der Waals surface area (Å²) >= 11 is 9.17. The van der Waals surface area contributed by atoms with Crippen molar-refractivity contribution in [3.05, 3.63) is 63.6 Å². The molecule has 160 valence electrons. The minimum atomic E-state index is -0.759. The summed E-state index contributed by atoms with van der Waals surface area (Å²) in [5, 5.41) is 9.43. The van der Waals surface area contributed by atoms with Crippen molar-refractivity contribution >= 4 is 45.2 Å². The maximum Gasteiger partial charge on any atom is 0.354 e. The number of piperidine rings is 1. The zero-order valence-electron chi connectivity index (χ0n) is 17.4. The molecule has 1 heterocycles. The predicted molar refractivity (Wildman–Crippen MR) is 128 cm³/mol. The zero-order valence-corrected chi connectivity index (χ0v) is 19.8. The van der Waals surface area contributed by atoms with Crippen LogP contribution in [-0.4, -0.2) is 36.1 Å². The Bertz CT molecular complexity index is 1040. The minimum Gasteiger partial charge on any atom is -0.493 e. The third-order valence-electron chi connectivity index (χ3n) is 5.19. The highest BCUT2D eigenvalue weighted by molar-refractivity contribution is 9.10. The van der Waals surface area contributed by atoms with Crippen LogP contribution in [0.5, 0.6) is 11.5 Å². The van der Waals surface area contributed by atoms with E-state index < -0.39 is 5.97 Å². The zero-order chi connectivity index (χ0) is 22.4. The normalized spacial score (nSPS) is 14.6. The van der Waals surface area contributed by atoms with Crippen LogP contribution in [0.4, 0.5) is 0 Å². The lowest BCUT2D eigenvalue weighted by Gasteiger charge is -2.32. The van der Waals surface area contributed by atoms with Gasteiger partial charge in [-0.15, -0.1) is 0 Å². The van der Waals surface area contributed by atoms with Crippen LogP contribution in [0.25, 0.3) is 6.08 Å². The number of ether oxygens (including phenoxy) is 2. The van der Waals surface area contributed by atoms with E-state index in [1.165, 1.54) is 13.2 Å². The molecular weight excluding hydrogens is 476 g/mol. The molecule has 2 aromatic carbocycles. The number of carbonyl (C=O) groups is 1. The molecule has 0 amide bonds. The fraction of sp³-hybridized carbons (Fsp3) is 0.292. The lowest BCUT2D eigenvalue weighted by atomic mass is 9.99. The molecule has 0 aromatic heterocycles. The van der Waals surface area contributed by atoms with Gasteiger partial charge in [0.2, 0.25) is 0 Å². The predicted octanol–water partition coefficient (Wildman–Crippen LogP) is 5.38. The van der Waals surface area contributed by atoms with Crippen molar-refractivity contribution in [2.45, 2.75) is 19.8 Å². The molecule has 2 aromatic rings. The molecule has 0 bridgehead atoms. The van der Waals surface area contributed by atoms with E-state index in [9.17, 15) is 10.1 Å². The van der Waals surface area contributed by atoms with Gasteiger partial charge in [0, 0.05) is 18.7 Å². The maximum absolute atomic E-state index is 12.6. The van der Waals surface area contributed by atoms with Crippen LogP contribution in [-0.2, 0) is 4.79 Å². The smallest absolute Gasteiger partial charge is 0.354 e. The second kappa shape index (κ2) is 10.6. The fourth-order valence-corrected chi connectivity index (χ4v) is 4.16. The monoisotopic (exact) mass is 498 g/mol. The van der Waals surface area contributed by atoms with E-state index in [1.807, 2.05) is 30.3 Å². The van der Waals surface area contributed by atoms with Crippen molar-refractivity contribution in [2.24, 2.45) is 5.92 Å². The summed E-state index contributed by atoms with van der Waals surface area (Å²) in [4.78, 5) is 15.6. The Labute approximate surface area is 196 Å². The number of thiocarbonyl (C=S) groups is 1. The Kier molecular flexibility index (Phi) is 7.83. The Morgan fingerprint density at radius 1 is 1.26 bits per heavy atom. The number of rotatable bonds is 5. The molecule has 7 heteroatoms. The van der Waals surface area contributed by atoms with Crippen LogP contribution < -0.4 is 9.47 Å². The van der Waals surface area contributed by atoms with Crippen molar-refractivity contribution in [1.29, 1.82) is 5.26 Å². The van der Waals surface area contributed by atoms with Crippen LogP contribution in [0.1, 0.15) is 30.9 Å². The molecule has 0 saturated carbocycles. The molecule has 31 heavy (non-hydrogen) atoms. The molecule has 0 aliphatic carbocycles. The Hall–Kier alpha value is -2.69. The van der Waals surface area contributed by atoms with Gasteiger partial charge in [0.15, 0.2) is 11.5 Å². The average molecular weight is 499 g/mol. The minimum absolute atomic E-state index is 0.109. The number of halogens is 1. The highest BCUT2D eigenvalue weighted by Crippen LogP contribution is 2.38. The molecule has 0 N–H and O–H groups in total. The van der Waals surface area contributed by atoms with Gasteiger partial charge in [-0.2, -0.15) is 5.26 Å². The summed E-state index contributed by atoms with van der Waals surface area (Å²) in [6.45, 7) is 4.10. The van der Waals surface area contributed by atoms with Crippen molar-refractivity contribution in [3.63, 3.8) is 0 Å². The lowest BCUT2D eigenvalue weighted by molar-refractivity contribution is -0.129. The summed E-state index contributed by atoms with van der Waals surface area (Å²) in [6, 6.07) is 14.6. The van der Waals surface area contributed by atoms with Crippen LogP contribution in [0.2, 0.25) is 0 Å². The van der Waals surface area contributed by atoms with Gasteiger partial charge in [0.1, 0.15) is 16.6 Å². The number of nitrogens with zero attached hydrogens (tertiary/aromatic N) is 2. The third-order valence-corrected chi connectivity index (χ3v) is 6.28. The van der Waals surface area contributed by atoms with Gasteiger partial charge in [0.25, 0.3) is 0 Å². The number of hydrogen-bond acceptors (Lipinski definition) is 5. The van der Waals surface area contributed by atoms with E-state index in [0.717, 1.165) is 42.0 Å². The quantitative estimate of drug-likeness (QED) is 0.181. The van der Waals surface area contributed by atoms with E-state index >= 15 is 0 Å². The van der Waals surface area contributed by atoms with E-state index in [-0.39, 0.29) is 11.3 Å². The number of likely N-dealkylation sites (tertiary alicyclic amines) is 1. The number of methoxy groups -OCH3 is 1. The van der Waals surface area contributed by atoms with E-state index in [4.69, 9.17) is 21.7 Å². The summed E-state index contributed by atoms with van der Waals surface area (Å²) in [5.41, 5.74) is 1.44. The molecular formula is C24H23BrN2O3S. The van der Waals surface area contributed by atoms with E-state index in [1.54, 1.807) is 18.2 Å². The SMILES string of the molecule is COc1cc(C(=S)N2CCC(C)CC2)cc(Br)c1OC(=O)/C(C#N)=C/c1ccccc1.